The standard InChI is InChI=1S/C14H15ClFNO4/c1-8(21-14(19)12-3-2-6-20-12)13(18)17-11-5-4-9(15)7-10(11)16/h4-5,7-8,12H,2-3,6H2,1H3,(H,17,18)/t8-,12+/m0/s1. The molecule has 7 heteroatoms. The first-order valence-electron chi connectivity index (χ1n) is 6.55. The highest BCUT2D eigenvalue weighted by Crippen LogP contribution is 2.19. The second-order valence-electron chi connectivity index (χ2n) is 4.69. The van der Waals surface area contributed by atoms with Gasteiger partial charge in [0.2, 0.25) is 0 Å². The second kappa shape index (κ2) is 6.87. The molecular weight excluding hydrogens is 301 g/mol. The van der Waals surface area contributed by atoms with Gasteiger partial charge in [-0.3, -0.25) is 4.79 Å². The fraction of sp³-hybridized carbons (Fsp3) is 0.429. The van der Waals surface area contributed by atoms with Crippen LogP contribution >= 0.6 is 11.6 Å². The summed E-state index contributed by atoms with van der Waals surface area (Å²) in [4.78, 5) is 23.6. The Morgan fingerprint density at radius 2 is 2.29 bits per heavy atom. The molecule has 1 saturated heterocycles. The highest BCUT2D eigenvalue weighted by atomic mass is 35.5. The molecule has 1 fully saturated rings. The average Bonchev–Trinajstić information content (AvgIpc) is 2.95. The Morgan fingerprint density at radius 3 is 2.90 bits per heavy atom. The first kappa shape index (κ1) is 15.7. The zero-order chi connectivity index (χ0) is 15.4. The van der Waals surface area contributed by atoms with E-state index in [0.717, 1.165) is 12.5 Å². The van der Waals surface area contributed by atoms with Gasteiger partial charge in [0.1, 0.15) is 5.82 Å². The number of esters is 1. The van der Waals surface area contributed by atoms with Crippen LogP contribution in [0.3, 0.4) is 0 Å². The molecule has 1 aromatic rings. The molecule has 0 radical (unpaired) electrons. The van der Waals surface area contributed by atoms with Gasteiger partial charge in [0.05, 0.1) is 5.69 Å². The van der Waals surface area contributed by atoms with Crippen LogP contribution in [-0.4, -0.2) is 30.7 Å². The summed E-state index contributed by atoms with van der Waals surface area (Å²) in [6.45, 7) is 1.92. The smallest absolute Gasteiger partial charge is 0.336 e. The lowest BCUT2D eigenvalue weighted by atomic mass is 10.2. The van der Waals surface area contributed by atoms with E-state index in [1.54, 1.807) is 0 Å². The molecule has 114 valence electrons. The Labute approximate surface area is 126 Å². The van der Waals surface area contributed by atoms with E-state index >= 15 is 0 Å². The van der Waals surface area contributed by atoms with Crippen molar-refractivity contribution in [2.24, 2.45) is 0 Å². The fourth-order valence-electron chi connectivity index (χ4n) is 1.89. The van der Waals surface area contributed by atoms with Gasteiger partial charge in [-0.2, -0.15) is 0 Å². The van der Waals surface area contributed by atoms with Gasteiger partial charge >= 0.3 is 5.97 Å². The van der Waals surface area contributed by atoms with Gasteiger partial charge in [-0.1, -0.05) is 11.6 Å². The number of carbonyl (C=O) groups is 2. The van der Waals surface area contributed by atoms with Gasteiger partial charge in [-0.25, -0.2) is 9.18 Å². The van der Waals surface area contributed by atoms with E-state index in [1.165, 1.54) is 19.1 Å². The Kier molecular flexibility index (Phi) is 5.14. The summed E-state index contributed by atoms with van der Waals surface area (Å²) in [7, 11) is 0. The number of amides is 1. The van der Waals surface area contributed by atoms with Crippen molar-refractivity contribution in [1.82, 2.24) is 0 Å². The van der Waals surface area contributed by atoms with E-state index in [2.05, 4.69) is 5.32 Å². The summed E-state index contributed by atoms with van der Waals surface area (Å²) in [5.74, 6) is -1.86. The van der Waals surface area contributed by atoms with Crippen LogP contribution in [0.4, 0.5) is 10.1 Å². The molecule has 0 aliphatic carbocycles. The van der Waals surface area contributed by atoms with Crippen molar-refractivity contribution in [2.75, 3.05) is 11.9 Å². The summed E-state index contributed by atoms with van der Waals surface area (Å²) in [5.41, 5.74) is -0.0237. The normalized spacial score (nSPS) is 19.1. The molecule has 0 unspecified atom stereocenters. The maximum atomic E-state index is 13.6. The molecule has 1 aliphatic heterocycles. The number of rotatable bonds is 4. The molecule has 5 nitrogen and oxygen atoms in total. The van der Waals surface area contributed by atoms with Crippen molar-refractivity contribution < 1.29 is 23.5 Å². The predicted molar refractivity (Wildman–Crippen MR) is 74.6 cm³/mol. The first-order valence-corrected chi connectivity index (χ1v) is 6.93. The molecule has 1 amide bonds. The fourth-order valence-corrected chi connectivity index (χ4v) is 2.05. The molecule has 1 N–H and O–H groups in total. The van der Waals surface area contributed by atoms with E-state index in [4.69, 9.17) is 21.1 Å². The monoisotopic (exact) mass is 315 g/mol. The van der Waals surface area contributed by atoms with Crippen LogP contribution in [0, 0.1) is 5.82 Å². The predicted octanol–water partition coefficient (Wildman–Crippen LogP) is 2.53. The number of ether oxygens (including phenoxy) is 2. The van der Waals surface area contributed by atoms with Crippen molar-refractivity contribution in [3.63, 3.8) is 0 Å². The number of carbonyl (C=O) groups excluding carboxylic acids is 2. The summed E-state index contributed by atoms with van der Waals surface area (Å²) < 4.78 is 23.7. The number of nitrogens with one attached hydrogen (secondary N) is 1. The molecule has 2 atom stereocenters. The van der Waals surface area contributed by atoms with Gasteiger partial charge in [0, 0.05) is 11.6 Å². The number of hydrogen-bond donors (Lipinski definition) is 1. The lowest BCUT2D eigenvalue weighted by Crippen LogP contribution is -2.34. The van der Waals surface area contributed by atoms with Crippen molar-refractivity contribution in [3.05, 3.63) is 29.0 Å². The zero-order valence-electron chi connectivity index (χ0n) is 11.4. The molecule has 2 rings (SSSR count). The Morgan fingerprint density at radius 1 is 1.52 bits per heavy atom. The van der Waals surface area contributed by atoms with Gasteiger partial charge in [-0.05, 0) is 38.0 Å². The molecule has 21 heavy (non-hydrogen) atoms. The Bertz CT molecular complexity index is 546. The van der Waals surface area contributed by atoms with Gasteiger partial charge in [0.25, 0.3) is 5.91 Å². The van der Waals surface area contributed by atoms with E-state index < -0.39 is 29.9 Å². The second-order valence-corrected chi connectivity index (χ2v) is 5.13. The minimum atomic E-state index is -1.04. The van der Waals surface area contributed by atoms with Crippen molar-refractivity contribution in [3.8, 4) is 0 Å². The van der Waals surface area contributed by atoms with Gasteiger partial charge in [-0.15, -0.1) is 0 Å². The van der Waals surface area contributed by atoms with Crippen LogP contribution in [0.15, 0.2) is 18.2 Å². The minimum Gasteiger partial charge on any atom is -0.451 e. The quantitative estimate of drug-likeness (QED) is 0.867. The van der Waals surface area contributed by atoms with E-state index in [1.807, 2.05) is 0 Å². The van der Waals surface area contributed by atoms with Crippen LogP contribution < -0.4 is 5.32 Å². The zero-order valence-corrected chi connectivity index (χ0v) is 12.2. The molecule has 0 spiro atoms. The molecule has 1 aromatic carbocycles. The minimum absolute atomic E-state index is 0.0237. The maximum absolute atomic E-state index is 13.6. The highest BCUT2D eigenvalue weighted by molar-refractivity contribution is 6.30. The van der Waals surface area contributed by atoms with Crippen molar-refractivity contribution in [1.29, 1.82) is 0 Å². The van der Waals surface area contributed by atoms with E-state index in [-0.39, 0.29) is 10.7 Å². The summed E-state index contributed by atoms with van der Waals surface area (Å²) in [6.07, 6.45) is -0.292. The van der Waals surface area contributed by atoms with Crippen molar-refractivity contribution >= 4 is 29.2 Å². The van der Waals surface area contributed by atoms with Crippen LogP contribution in [0.2, 0.25) is 5.02 Å². The third-order valence-corrected chi connectivity index (χ3v) is 3.28. The SMILES string of the molecule is C[C@H](OC(=O)[C@H]1CCCO1)C(=O)Nc1ccc(Cl)cc1F. The van der Waals surface area contributed by atoms with Crippen LogP contribution in [0.5, 0.6) is 0 Å². The summed E-state index contributed by atoms with van der Waals surface area (Å²) in [5, 5.41) is 2.57. The first-order chi connectivity index (χ1) is 9.97. The van der Waals surface area contributed by atoms with E-state index in [9.17, 15) is 14.0 Å². The van der Waals surface area contributed by atoms with Crippen LogP contribution in [0.1, 0.15) is 19.8 Å². The third-order valence-electron chi connectivity index (χ3n) is 3.04. The van der Waals surface area contributed by atoms with E-state index in [0.29, 0.717) is 13.0 Å². The number of benzene rings is 1. The number of hydrogen-bond acceptors (Lipinski definition) is 4. The molecule has 0 aromatic heterocycles. The molecule has 0 bridgehead atoms. The van der Waals surface area contributed by atoms with Gasteiger partial charge in [0.15, 0.2) is 12.2 Å². The van der Waals surface area contributed by atoms with Crippen LogP contribution in [0.25, 0.3) is 0 Å². The average molecular weight is 316 g/mol. The Hall–Kier alpha value is -1.66. The lowest BCUT2D eigenvalue weighted by molar-refractivity contribution is -0.162. The summed E-state index contributed by atoms with van der Waals surface area (Å²) >= 11 is 5.62. The largest absolute Gasteiger partial charge is 0.451 e. The highest BCUT2D eigenvalue weighted by Gasteiger charge is 2.28. The molecule has 0 saturated carbocycles. The molecule has 1 heterocycles. The number of halogens is 2. The molecular formula is C14H15ClFNO4. The maximum Gasteiger partial charge on any atom is 0.336 e. The van der Waals surface area contributed by atoms with Crippen LogP contribution in [-0.2, 0) is 19.1 Å². The lowest BCUT2D eigenvalue weighted by Gasteiger charge is -2.16. The topological polar surface area (TPSA) is 64.6 Å². The summed E-state index contributed by atoms with van der Waals surface area (Å²) in [6, 6.07) is 3.87. The number of anilines is 1. The van der Waals surface area contributed by atoms with Gasteiger partial charge < -0.3 is 14.8 Å². The Balaban J connectivity index is 1.91. The van der Waals surface area contributed by atoms with Crippen molar-refractivity contribution in [2.45, 2.75) is 32.0 Å². The molecule has 1 aliphatic rings. The third kappa shape index (κ3) is 4.15.